The Bertz CT molecular complexity index is 628. The van der Waals surface area contributed by atoms with Gasteiger partial charge < -0.3 is 15.4 Å². The number of hydrogen-bond acceptors (Lipinski definition) is 3. The maximum atomic E-state index is 12.0. The van der Waals surface area contributed by atoms with Crippen molar-refractivity contribution >= 4 is 27.8 Å². The molecule has 0 aliphatic carbocycles. The Labute approximate surface area is 129 Å². The van der Waals surface area contributed by atoms with E-state index in [0.717, 1.165) is 10.0 Å². The van der Waals surface area contributed by atoms with Gasteiger partial charge in [-0.2, -0.15) is 0 Å². The first-order chi connectivity index (χ1) is 10.0. The number of hydrogen-bond donors (Lipinski definition) is 3. The van der Waals surface area contributed by atoms with Gasteiger partial charge in [-0.3, -0.25) is 4.79 Å². The normalized spacial score (nSPS) is 11.9. The average molecular weight is 352 g/mol. The molecule has 0 spiro atoms. The second-order valence-corrected chi connectivity index (χ2v) is 5.46. The second-order valence-electron chi connectivity index (χ2n) is 4.55. The van der Waals surface area contributed by atoms with E-state index in [9.17, 15) is 14.7 Å². The third-order valence-corrected chi connectivity index (χ3v) is 3.36. The molecule has 0 radical (unpaired) electrons. The predicted octanol–water partition coefficient (Wildman–Crippen LogP) is 1.53. The van der Waals surface area contributed by atoms with Gasteiger partial charge in [0.15, 0.2) is 0 Å². The fraction of sp³-hybridized carbons (Fsp3) is 0.214. The predicted molar refractivity (Wildman–Crippen MR) is 79.7 cm³/mol. The number of aromatic amines is 1. The van der Waals surface area contributed by atoms with Crippen LogP contribution in [-0.4, -0.2) is 33.0 Å². The van der Waals surface area contributed by atoms with E-state index in [-0.39, 0.29) is 18.7 Å². The molecule has 2 rings (SSSR count). The highest BCUT2D eigenvalue weighted by atomic mass is 79.9. The van der Waals surface area contributed by atoms with Gasteiger partial charge >= 0.3 is 5.97 Å². The molecule has 0 saturated carbocycles. The molecule has 6 nitrogen and oxygen atoms in total. The number of amides is 1. The molecule has 0 aliphatic rings. The Morgan fingerprint density at radius 1 is 1.43 bits per heavy atom. The summed E-state index contributed by atoms with van der Waals surface area (Å²) in [5.74, 6) is -1.41. The van der Waals surface area contributed by atoms with Crippen LogP contribution >= 0.6 is 15.9 Å². The van der Waals surface area contributed by atoms with Gasteiger partial charge in [0.2, 0.25) is 5.91 Å². The highest BCUT2D eigenvalue weighted by Crippen LogP contribution is 2.12. The lowest BCUT2D eigenvalue weighted by atomic mass is 10.1. The fourth-order valence-electron chi connectivity index (χ4n) is 1.89. The zero-order valence-electron chi connectivity index (χ0n) is 11.0. The fourth-order valence-corrected chi connectivity index (χ4v) is 2.34. The molecule has 1 aromatic carbocycles. The smallest absolute Gasteiger partial charge is 0.326 e. The molecule has 0 aliphatic heterocycles. The number of nitrogens with zero attached hydrogens (tertiary/aromatic N) is 1. The highest BCUT2D eigenvalue weighted by molar-refractivity contribution is 9.10. The number of carboxylic acid groups (broad SMARTS) is 1. The van der Waals surface area contributed by atoms with Crippen LogP contribution in [0.15, 0.2) is 41.3 Å². The van der Waals surface area contributed by atoms with E-state index in [2.05, 4.69) is 31.2 Å². The lowest BCUT2D eigenvalue weighted by molar-refractivity contribution is -0.141. The zero-order chi connectivity index (χ0) is 15.2. The Morgan fingerprint density at radius 3 is 2.86 bits per heavy atom. The van der Waals surface area contributed by atoms with Crippen LogP contribution < -0.4 is 5.32 Å². The number of rotatable bonds is 6. The van der Waals surface area contributed by atoms with Crippen LogP contribution in [0.3, 0.4) is 0 Å². The Balaban J connectivity index is 1.96. The molecule has 0 bridgehead atoms. The van der Waals surface area contributed by atoms with Gasteiger partial charge in [0, 0.05) is 22.8 Å². The van der Waals surface area contributed by atoms with Crippen LogP contribution in [0.25, 0.3) is 0 Å². The van der Waals surface area contributed by atoms with Crippen LogP contribution in [0.1, 0.15) is 11.3 Å². The number of imidazole rings is 1. The van der Waals surface area contributed by atoms with Crippen molar-refractivity contribution in [2.75, 3.05) is 0 Å². The third-order valence-electron chi connectivity index (χ3n) is 2.87. The molecule has 3 N–H and O–H groups in total. The molecule has 1 heterocycles. The van der Waals surface area contributed by atoms with Crippen LogP contribution in [0.4, 0.5) is 0 Å². The van der Waals surface area contributed by atoms with Crippen molar-refractivity contribution in [3.8, 4) is 0 Å². The zero-order valence-corrected chi connectivity index (χ0v) is 12.6. The number of H-pyrrole nitrogens is 1. The van der Waals surface area contributed by atoms with E-state index in [4.69, 9.17) is 0 Å². The number of carbonyl (C=O) groups excluding carboxylic acids is 1. The summed E-state index contributed by atoms with van der Waals surface area (Å²) >= 11 is 3.33. The minimum absolute atomic E-state index is 0.131. The summed E-state index contributed by atoms with van der Waals surface area (Å²) in [6.45, 7) is 0. The van der Waals surface area contributed by atoms with Gasteiger partial charge in [0.05, 0.1) is 12.7 Å². The number of carbonyl (C=O) groups is 2. The van der Waals surface area contributed by atoms with Crippen LogP contribution in [-0.2, 0) is 22.4 Å². The van der Waals surface area contributed by atoms with Crippen molar-refractivity contribution in [3.63, 3.8) is 0 Å². The second kappa shape index (κ2) is 7.03. The quantitative estimate of drug-likeness (QED) is 0.735. The lowest BCUT2D eigenvalue weighted by Gasteiger charge is -2.13. The molecule has 2 aromatic rings. The van der Waals surface area contributed by atoms with Crippen molar-refractivity contribution in [2.45, 2.75) is 18.9 Å². The number of halogens is 1. The van der Waals surface area contributed by atoms with Crippen molar-refractivity contribution in [1.29, 1.82) is 0 Å². The van der Waals surface area contributed by atoms with Gasteiger partial charge in [0.25, 0.3) is 0 Å². The largest absolute Gasteiger partial charge is 0.480 e. The SMILES string of the molecule is O=C(Cc1cccc(Br)c1)N[C@H](Cc1cnc[nH]1)C(=O)O. The van der Waals surface area contributed by atoms with Crippen LogP contribution in [0.5, 0.6) is 0 Å². The summed E-state index contributed by atoms with van der Waals surface area (Å²) < 4.78 is 0.875. The molecule has 110 valence electrons. The number of benzene rings is 1. The van der Waals surface area contributed by atoms with E-state index in [1.165, 1.54) is 12.5 Å². The number of aliphatic carboxylic acids is 1. The van der Waals surface area contributed by atoms with E-state index >= 15 is 0 Å². The van der Waals surface area contributed by atoms with Crippen LogP contribution in [0, 0.1) is 0 Å². The maximum Gasteiger partial charge on any atom is 0.326 e. The lowest BCUT2D eigenvalue weighted by Crippen LogP contribution is -2.43. The Kier molecular flexibility index (Phi) is 5.10. The third kappa shape index (κ3) is 4.71. The van der Waals surface area contributed by atoms with Gasteiger partial charge in [-0.05, 0) is 17.7 Å². The maximum absolute atomic E-state index is 12.0. The Hall–Kier alpha value is -2.15. The van der Waals surface area contributed by atoms with Gasteiger partial charge in [0.1, 0.15) is 6.04 Å². The van der Waals surface area contributed by atoms with Crippen molar-refractivity contribution in [2.24, 2.45) is 0 Å². The molecule has 7 heteroatoms. The molecular formula is C14H14BrN3O3. The minimum Gasteiger partial charge on any atom is -0.480 e. The number of carboxylic acids is 1. The molecule has 0 saturated heterocycles. The topological polar surface area (TPSA) is 95.1 Å². The van der Waals surface area contributed by atoms with E-state index in [1.54, 1.807) is 0 Å². The van der Waals surface area contributed by atoms with Crippen molar-refractivity contribution < 1.29 is 14.7 Å². The Morgan fingerprint density at radius 2 is 2.24 bits per heavy atom. The van der Waals surface area contributed by atoms with E-state index in [1.807, 2.05) is 24.3 Å². The summed E-state index contributed by atoms with van der Waals surface area (Å²) in [5, 5.41) is 11.7. The highest BCUT2D eigenvalue weighted by Gasteiger charge is 2.21. The van der Waals surface area contributed by atoms with Crippen molar-refractivity contribution in [1.82, 2.24) is 15.3 Å². The first kappa shape index (κ1) is 15.2. The van der Waals surface area contributed by atoms with E-state index in [0.29, 0.717) is 5.69 Å². The summed E-state index contributed by atoms with van der Waals surface area (Å²) in [6, 6.07) is 6.34. The summed E-state index contributed by atoms with van der Waals surface area (Å²) in [4.78, 5) is 29.8. The average Bonchev–Trinajstić information content (AvgIpc) is 2.90. The van der Waals surface area contributed by atoms with Gasteiger partial charge in [-0.15, -0.1) is 0 Å². The number of aromatic nitrogens is 2. The first-order valence-corrected chi connectivity index (χ1v) is 7.08. The molecule has 1 aromatic heterocycles. The molecule has 1 amide bonds. The molecular weight excluding hydrogens is 338 g/mol. The van der Waals surface area contributed by atoms with Crippen LogP contribution in [0.2, 0.25) is 0 Å². The summed E-state index contributed by atoms with van der Waals surface area (Å²) in [5.41, 5.74) is 1.47. The summed E-state index contributed by atoms with van der Waals surface area (Å²) in [6.07, 6.45) is 3.31. The number of nitrogens with one attached hydrogen (secondary N) is 2. The van der Waals surface area contributed by atoms with Gasteiger partial charge in [-0.25, -0.2) is 9.78 Å². The molecule has 21 heavy (non-hydrogen) atoms. The molecule has 0 unspecified atom stereocenters. The standard InChI is InChI=1S/C14H14BrN3O3/c15-10-3-1-2-9(4-10)5-13(19)18-12(14(20)21)6-11-7-16-8-17-11/h1-4,7-8,12H,5-6H2,(H,16,17)(H,18,19)(H,20,21)/t12-/m1/s1. The molecule has 0 fully saturated rings. The summed E-state index contributed by atoms with van der Waals surface area (Å²) in [7, 11) is 0. The minimum atomic E-state index is -1.08. The van der Waals surface area contributed by atoms with E-state index < -0.39 is 12.0 Å². The van der Waals surface area contributed by atoms with Crippen molar-refractivity contribution in [3.05, 3.63) is 52.5 Å². The monoisotopic (exact) mass is 351 g/mol. The van der Waals surface area contributed by atoms with Gasteiger partial charge in [-0.1, -0.05) is 28.1 Å². The first-order valence-electron chi connectivity index (χ1n) is 6.28. The molecule has 1 atom stereocenters.